The monoisotopic (exact) mass is 349 g/mol. The van der Waals surface area contributed by atoms with Crippen LogP contribution in [0.5, 0.6) is 0 Å². The van der Waals surface area contributed by atoms with E-state index in [1.54, 1.807) is 0 Å². The Morgan fingerprint density at radius 3 is 2.38 bits per heavy atom. The van der Waals surface area contributed by atoms with Gasteiger partial charge in [0.15, 0.2) is 0 Å². The third-order valence-corrected chi connectivity index (χ3v) is 5.52. The number of hydrogen-bond acceptors (Lipinski definition) is 3. The highest BCUT2D eigenvalue weighted by molar-refractivity contribution is 6.02. The first-order valence-electron chi connectivity index (χ1n) is 9.18. The molecular weight excluding hydrogens is 326 g/mol. The number of benzene rings is 2. The minimum atomic E-state index is -0.409. The van der Waals surface area contributed by atoms with Gasteiger partial charge < -0.3 is 15.1 Å². The van der Waals surface area contributed by atoms with Gasteiger partial charge in [-0.2, -0.15) is 0 Å². The molecular formula is C21H23N3O2. The van der Waals surface area contributed by atoms with E-state index in [-0.39, 0.29) is 11.8 Å². The molecule has 2 aliphatic rings. The minimum absolute atomic E-state index is 0.0202. The average molecular weight is 349 g/mol. The van der Waals surface area contributed by atoms with Crippen molar-refractivity contribution in [3.8, 4) is 0 Å². The molecule has 1 spiro atoms. The summed E-state index contributed by atoms with van der Waals surface area (Å²) in [6, 6.07) is 17.1. The number of hydrogen-bond donors (Lipinski definition) is 1. The first-order valence-corrected chi connectivity index (χ1v) is 9.18. The maximum absolute atomic E-state index is 12.7. The van der Waals surface area contributed by atoms with Crippen molar-refractivity contribution in [1.29, 1.82) is 0 Å². The van der Waals surface area contributed by atoms with Crippen LogP contribution in [0.4, 0.5) is 5.69 Å². The lowest BCUT2D eigenvalue weighted by atomic mass is 9.89. The van der Waals surface area contributed by atoms with Crippen molar-refractivity contribution in [3.63, 3.8) is 0 Å². The van der Waals surface area contributed by atoms with Crippen LogP contribution in [0.2, 0.25) is 0 Å². The number of anilines is 1. The molecule has 0 aromatic heterocycles. The molecule has 0 unspecified atom stereocenters. The predicted molar refractivity (Wildman–Crippen MR) is 101 cm³/mol. The summed E-state index contributed by atoms with van der Waals surface area (Å²) in [5, 5.41) is 3.24. The van der Waals surface area contributed by atoms with E-state index < -0.39 is 5.66 Å². The third-order valence-electron chi connectivity index (χ3n) is 5.52. The Hall–Kier alpha value is -2.82. The van der Waals surface area contributed by atoms with Crippen molar-refractivity contribution in [2.45, 2.75) is 25.4 Å². The lowest BCUT2D eigenvalue weighted by molar-refractivity contribution is 0.0603. The van der Waals surface area contributed by atoms with Gasteiger partial charge in [0.2, 0.25) is 0 Å². The molecule has 0 aliphatic carbocycles. The lowest BCUT2D eigenvalue weighted by Crippen LogP contribution is -2.68. The predicted octanol–water partition coefficient (Wildman–Crippen LogP) is 2.89. The fourth-order valence-electron chi connectivity index (χ4n) is 4.19. The van der Waals surface area contributed by atoms with Gasteiger partial charge in [-0.3, -0.25) is 9.59 Å². The summed E-state index contributed by atoms with van der Waals surface area (Å²) in [6.45, 7) is 4.18. The number of para-hydroxylation sites is 1. The normalized spacial score (nSPS) is 18.4. The second kappa shape index (κ2) is 6.48. The summed E-state index contributed by atoms with van der Waals surface area (Å²) in [5.74, 6) is 0.0409. The summed E-state index contributed by atoms with van der Waals surface area (Å²) < 4.78 is 0. The van der Waals surface area contributed by atoms with Crippen molar-refractivity contribution in [1.82, 2.24) is 10.2 Å². The van der Waals surface area contributed by atoms with Crippen LogP contribution in [0, 0.1) is 0 Å². The van der Waals surface area contributed by atoms with Crippen LogP contribution in [0.1, 0.15) is 40.5 Å². The molecule has 1 N–H and O–H groups in total. The van der Waals surface area contributed by atoms with Crippen molar-refractivity contribution in [2.75, 3.05) is 24.5 Å². The number of amides is 2. The van der Waals surface area contributed by atoms with E-state index in [0.29, 0.717) is 18.7 Å². The van der Waals surface area contributed by atoms with Crippen molar-refractivity contribution in [2.24, 2.45) is 0 Å². The van der Waals surface area contributed by atoms with Gasteiger partial charge in [0.05, 0.1) is 11.3 Å². The molecule has 26 heavy (non-hydrogen) atoms. The van der Waals surface area contributed by atoms with Gasteiger partial charge in [-0.05, 0) is 31.2 Å². The molecule has 2 aliphatic heterocycles. The lowest BCUT2D eigenvalue weighted by Gasteiger charge is -2.52. The van der Waals surface area contributed by atoms with Crippen LogP contribution in [0.25, 0.3) is 0 Å². The SMILES string of the molecule is CCN1c2ccccc2C(=O)NC12CCN(C(=O)c1ccccc1)CC2. The fourth-order valence-corrected chi connectivity index (χ4v) is 4.19. The van der Waals surface area contributed by atoms with E-state index >= 15 is 0 Å². The van der Waals surface area contributed by atoms with Crippen molar-refractivity contribution < 1.29 is 9.59 Å². The zero-order chi connectivity index (χ0) is 18.1. The number of likely N-dealkylation sites (tertiary alicyclic amines) is 1. The summed E-state index contributed by atoms with van der Waals surface area (Å²) in [4.78, 5) is 29.5. The number of fused-ring (bicyclic) bond motifs is 1. The van der Waals surface area contributed by atoms with Crippen LogP contribution in [0.15, 0.2) is 54.6 Å². The Bertz CT molecular complexity index is 826. The summed E-state index contributed by atoms with van der Waals surface area (Å²) in [6.07, 6.45) is 1.44. The zero-order valence-electron chi connectivity index (χ0n) is 14.9. The fraction of sp³-hybridized carbons (Fsp3) is 0.333. The van der Waals surface area contributed by atoms with Gasteiger partial charge in [-0.25, -0.2) is 0 Å². The number of rotatable bonds is 2. The zero-order valence-corrected chi connectivity index (χ0v) is 14.9. The van der Waals surface area contributed by atoms with E-state index in [4.69, 9.17) is 0 Å². The summed E-state index contributed by atoms with van der Waals surface area (Å²) in [7, 11) is 0. The molecule has 2 aromatic rings. The molecule has 2 aromatic carbocycles. The van der Waals surface area contributed by atoms with Gasteiger partial charge in [0.25, 0.3) is 11.8 Å². The van der Waals surface area contributed by atoms with Crippen molar-refractivity contribution >= 4 is 17.5 Å². The molecule has 1 saturated heterocycles. The molecule has 0 saturated carbocycles. The van der Waals surface area contributed by atoms with Crippen LogP contribution in [0.3, 0.4) is 0 Å². The Labute approximate surface area is 153 Å². The number of carbonyl (C=O) groups is 2. The Morgan fingerprint density at radius 1 is 1.04 bits per heavy atom. The van der Waals surface area contributed by atoms with E-state index in [2.05, 4.69) is 17.1 Å². The van der Waals surface area contributed by atoms with Gasteiger partial charge in [-0.15, -0.1) is 0 Å². The van der Waals surface area contributed by atoms with Gasteiger partial charge in [0, 0.05) is 38.0 Å². The maximum Gasteiger partial charge on any atom is 0.255 e. The van der Waals surface area contributed by atoms with E-state index in [0.717, 1.165) is 30.6 Å². The highest BCUT2D eigenvalue weighted by atomic mass is 16.2. The molecule has 2 amide bonds. The Morgan fingerprint density at radius 2 is 1.69 bits per heavy atom. The van der Waals surface area contributed by atoms with Gasteiger partial charge in [-0.1, -0.05) is 30.3 Å². The minimum Gasteiger partial charge on any atom is -0.348 e. The van der Waals surface area contributed by atoms with Gasteiger partial charge >= 0.3 is 0 Å². The summed E-state index contributed by atoms with van der Waals surface area (Å²) >= 11 is 0. The molecule has 134 valence electrons. The molecule has 0 radical (unpaired) electrons. The van der Waals surface area contributed by atoms with E-state index in [9.17, 15) is 9.59 Å². The third kappa shape index (κ3) is 2.64. The number of nitrogens with zero attached hydrogens (tertiary/aromatic N) is 2. The largest absolute Gasteiger partial charge is 0.348 e. The standard InChI is InChI=1S/C21H23N3O2/c1-2-24-18-11-7-6-10-17(18)19(25)22-21(24)12-14-23(15-13-21)20(26)16-8-4-3-5-9-16/h3-11H,2,12-15H2,1H3,(H,22,25). The first-order chi connectivity index (χ1) is 12.6. The number of carbonyl (C=O) groups excluding carboxylic acids is 2. The molecule has 1 fully saturated rings. The average Bonchev–Trinajstić information content (AvgIpc) is 2.69. The smallest absolute Gasteiger partial charge is 0.255 e. The van der Waals surface area contributed by atoms with Gasteiger partial charge in [0.1, 0.15) is 5.66 Å². The maximum atomic E-state index is 12.7. The van der Waals surface area contributed by atoms with Crippen molar-refractivity contribution in [3.05, 3.63) is 65.7 Å². The summed E-state index contributed by atoms with van der Waals surface area (Å²) in [5.41, 5.74) is 2.02. The second-order valence-electron chi connectivity index (χ2n) is 6.91. The molecule has 4 rings (SSSR count). The molecule has 2 heterocycles. The van der Waals surface area contributed by atoms with Crippen LogP contribution in [-0.4, -0.2) is 42.0 Å². The second-order valence-corrected chi connectivity index (χ2v) is 6.91. The van der Waals surface area contributed by atoms with Crippen LogP contribution in [-0.2, 0) is 0 Å². The topological polar surface area (TPSA) is 52.7 Å². The molecule has 5 heteroatoms. The first kappa shape index (κ1) is 16.6. The van der Waals surface area contributed by atoms with E-state index in [1.807, 2.05) is 59.5 Å². The molecule has 5 nitrogen and oxygen atoms in total. The Balaban J connectivity index is 1.56. The van der Waals surface area contributed by atoms with E-state index in [1.165, 1.54) is 0 Å². The Kier molecular flexibility index (Phi) is 4.15. The molecule has 0 atom stereocenters. The molecule has 0 bridgehead atoms. The number of piperidine rings is 1. The highest BCUT2D eigenvalue weighted by Crippen LogP contribution is 2.37. The van der Waals surface area contributed by atoms with Crippen LogP contribution >= 0.6 is 0 Å². The van der Waals surface area contributed by atoms with Crippen LogP contribution < -0.4 is 10.2 Å². The number of nitrogens with one attached hydrogen (secondary N) is 1. The quantitative estimate of drug-likeness (QED) is 0.907. The highest BCUT2D eigenvalue weighted by Gasteiger charge is 2.45.